The van der Waals surface area contributed by atoms with Gasteiger partial charge in [0.1, 0.15) is 6.04 Å². The smallest absolute Gasteiger partial charge is 0.324 e. The van der Waals surface area contributed by atoms with E-state index >= 15 is 0 Å². The Morgan fingerprint density at radius 2 is 1.86 bits per heavy atom. The van der Waals surface area contributed by atoms with E-state index in [4.69, 9.17) is 0 Å². The molecular weight excluding hydrogens is 366 g/mol. The van der Waals surface area contributed by atoms with Gasteiger partial charge < -0.3 is 10.6 Å². The Hall–Kier alpha value is -2.37. The first-order valence-electron chi connectivity index (χ1n) is 11.1. The van der Waals surface area contributed by atoms with Crippen LogP contribution in [-0.2, 0) is 9.59 Å². The van der Waals surface area contributed by atoms with Gasteiger partial charge in [-0.15, -0.1) is 0 Å². The third-order valence-electron chi connectivity index (χ3n) is 6.91. The maximum absolute atomic E-state index is 12.7. The van der Waals surface area contributed by atoms with Crippen molar-refractivity contribution in [1.82, 2.24) is 15.5 Å². The minimum absolute atomic E-state index is 0.0176. The molecule has 29 heavy (non-hydrogen) atoms. The molecule has 156 valence electrons. The molecule has 6 heteroatoms. The molecule has 6 nitrogen and oxygen atoms in total. The van der Waals surface area contributed by atoms with E-state index in [1.165, 1.54) is 36.1 Å². The molecule has 2 saturated carbocycles. The summed E-state index contributed by atoms with van der Waals surface area (Å²) in [5, 5.41) is 5.99. The highest BCUT2D eigenvalue weighted by Gasteiger charge is 2.51. The number of benzene rings is 1. The highest BCUT2D eigenvalue weighted by atomic mass is 16.2. The number of hydrogen-bond donors (Lipinski definition) is 2. The average molecular weight is 398 g/mol. The van der Waals surface area contributed by atoms with Crippen molar-refractivity contribution in [2.45, 2.75) is 69.9 Å². The standard InChI is InChI=1S/C23H31N3O3/c1-2-14-26-22(28)18(24-23(26)29)12-13-19(27)25-21-17-11-7-6-10-16(17)20(21)15-8-4-3-5-9-15/h3-5,8-9,16-18,20-21H,2,6-7,10-14H2,1H3,(H,24,29)(H,25,27)/t16-,17-,18+,20-,21-/m0/s1. The van der Waals surface area contributed by atoms with Gasteiger partial charge in [0.25, 0.3) is 5.91 Å². The number of nitrogens with zero attached hydrogens (tertiary/aromatic N) is 1. The van der Waals surface area contributed by atoms with E-state index in [2.05, 4.69) is 34.9 Å². The molecule has 5 atom stereocenters. The van der Waals surface area contributed by atoms with Crippen LogP contribution in [0.4, 0.5) is 4.79 Å². The van der Waals surface area contributed by atoms with E-state index in [0.717, 1.165) is 6.42 Å². The fourth-order valence-corrected chi connectivity index (χ4v) is 5.54. The molecule has 2 N–H and O–H groups in total. The molecule has 1 heterocycles. The first-order chi connectivity index (χ1) is 14.1. The Kier molecular flexibility index (Phi) is 5.88. The summed E-state index contributed by atoms with van der Waals surface area (Å²) in [5.41, 5.74) is 1.31. The molecule has 1 saturated heterocycles. The SMILES string of the molecule is CCCN1C(=O)N[C@H](CCC(=O)N[C@H]2[C@H]3CCCC[C@@H]3[C@@H]2c2ccccc2)C1=O. The minimum atomic E-state index is -0.575. The molecule has 0 unspecified atom stereocenters. The molecule has 4 rings (SSSR count). The summed E-state index contributed by atoms with van der Waals surface area (Å²) < 4.78 is 0. The van der Waals surface area contributed by atoms with Crippen LogP contribution in [0.15, 0.2) is 30.3 Å². The third kappa shape index (κ3) is 3.89. The maximum Gasteiger partial charge on any atom is 0.324 e. The second-order valence-corrected chi connectivity index (χ2v) is 8.67. The summed E-state index contributed by atoms with van der Waals surface area (Å²) in [5.74, 6) is 1.39. The van der Waals surface area contributed by atoms with E-state index in [0.29, 0.717) is 30.7 Å². The Bertz CT molecular complexity index is 766. The van der Waals surface area contributed by atoms with Gasteiger partial charge in [0.05, 0.1) is 0 Å². The first-order valence-corrected chi connectivity index (χ1v) is 11.1. The largest absolute Gasteiger partial charge is 0.352 e. The highest BCUT2D eigenvalue weighted by molar-refractivity contribution is 6.04. The summed E-state index contributed by atoms with van der Waals surface area (Å²) in [4.78, 5) is 38.2. The molecule has 0 aromatic heterocycles. The van der Waals surface area contributed by atoms with Crippen molar-refractivity contribution >= 4 is 17.8 Å². The van der Waals surface area contributed by atoms with Crippen molar-refractivity contribution in [1.29, 1.82) is 0 Å². The van der Waals surface area contributed by atoms with Crippen LogP contribution >= 0.6 is 0 Å². The quantitative estimate of drug-likeness (QED) is 0.694. The van der Waals surface area contributed by atoms with Crippen LogP contribution in [0.5, 0.6) is 0 Å². The van der Waals surface area contributed by atoms with Crippen LogP contribution in [0.3, 0.4) is 0 Å². The molecule has 0 bridgehead atoms. The van der Waals surface area contributed by atoms with Gasteiger partial charge >= 0.3 is 6.03 Å². The van der Waals surface area contributed by atoms with Crippen molar-refractivity contribution in [2.24, 2.45) is 11.8 Å². The molecule has 0 radical (unpaired) electrons. The van der Waals surface area contributed by atoms with Gasteiger partial charge in [-0.25, -0.2) is 4.79 Å². The predicted octanol–water partition coefficient (Wildman–Crippen LogP) is 3.19. The van der Waals surface area contributed by atoms with Crippen LogP contribution in [0.25, 0.3) is 0 Å². The topological polar surface area (TPSA) is 78.5 Å². The summed E-state index contributed by atoms with van der Waals surface area (Å²) in [6.07, 6.45) is 6.29. The number of fused-ring (bicyclic) bond motifs is 1. The minimum Gasteiger partial charge on any atom is -0.352 e. The fraction of sp³-hybridized carbons (Fsp3) is 0.609. The number of nitrogens with one attached hydrogen (secondary N) is 2. The number of hydrogen-bond acceptors (Lipinski definition) is 3. The van der Waals surface area contributed by atoms with Gasteiger partial charge in [0, 0.05) is 24.9 Å². The van der Waals surface area contributed by atoms with Crippen molar-refractivity contribution in [2.75, 3.05) is 6.54 Å². The van der Waals surface area contributed by atoms with E-state index in [1.807, 2.05) is 13.0 Å². The van der Waals surface area contributed by atoms with Gasteiger partial charge in [0.2, 0.25) is 5.91 Å². The summed E-state index contributed by atoms with van der Waals surface area (Å²) >= 11 is 0. The molecule has 1 aliphatic heterocycles. The Morgan fingerprint density at radius 3 is 2.59 bits per heavy atom. The fourth-order valence-electron chi connectivity index (χ4n) is 5.54. The van der Waals surface area contributed by atoms with Gasteiger partial charge in [-0.3, -0.25) is 14.5 Å². The average Bonchev–Trinajstić information content (AvgIpc) is 2.99. The van der Waals surface area contributed by atoms with Gasteiger partial charge in [-0.1, -0.05) is 50.1 Å². The molecule has 3 aliphatic rings. The van der Waals surface area contributed by atoms with Crippen molar-refractivity contribution in [3.8, 4) is 0 Å². The number of rotatable bonds is 7. The second-order valence-electron chi connectivity index (χ2n) is 8.67. The third-order valence-corrected chi connectivity index (χ3v) is 6.91. The van der Waals surface area contributed by atoms with Gasteiger partial charge in [-0.05, 0) is 43.1 Å². The maximum atomic E-state index is 12.7. The predicted molar refractivity (Wildman–Crippen MR) is 110 cm³/mol. The lowest BCUT2D eigenvalue weighted by Gasteiger charge is -2.55. The number of carbonyl (C=O) groups is 3. The Morgan fingerprint density at radius 1 is 1.14 bits per heavy atom. The van der Waals surface area contributed by atoms with Crippen LogP contribution in [-0.4, -0.2) is 41.4 Å². The molecule has 1 aromatic carbocycles. The van der Waals surface area contributed by atoms with Crippen molar-refractivity contribution in [3.05, 3.63) is 35.9 Å². The lowest BCUT2D eigenvalue weighted by molar-refractivity contribution is -0.128. The van der Waals surface area contributed by atoms with Crippen LogP contribution in [0.1, 0.15) is 63.4 Å². The molecule has 1 aromatic rings. The zero-order chi connectivity index (χ0) is 20.4. The van der Waals surface area contributed by atoms with Crippen LogP contribution in [0, 0.1) is 11.8 Å². The Balaban J connectivity index is 1.35. The molecular formula is C23H31N3O3. The second kappa shape index (κ2) is 8.56. The molecule has 0 spiro atoms. The molecule has 4 amide bonds. The zero-order valence-corrected chi connectivity index (χ0v) is 17.1. The lowest BCUT2D eigenvalue weighted by atomic mass is 9.53. The van der Waals surface area contributed by atoms with Gasteiger partial charge in [-0.2, -0.15) is 0 Å². The molecule has 2 aliphatic carbocycles. The van der Waals surface area contributed by atoms with E-state index < -0.39 is 6.04 Å². The first kappa shape index (κ1) is 19.9. The van der Waals surface area contributed by atoms with Crippen molar-refractivity contribution in [3.63, 3.8) is 0 Å². The van der Waals surface area contributed by atoms with E-state index in [1.54, 1.807) is 0 Å². The van der Waals surface area contributed by atoms with Crippen LogP contribution in [0.2, 0.25) is 0 Å². The number of imide groups is 1. The van der Waals surface area contributed by atoms with Gasteiger partial charge in [0.15, 0.2) is 0 Å². The Labute approximate surface area is 172 Å². The normalized spacial score (nSPS) is 31.1. The monoisotopic (exact) mass is 397 g/mol. The van der Waals surface area contributed by atoms with Crippen LogP contribution < -0.4 is 10.6 Å². The summed E-state index contributed by atoms with van der Waals surface area (Å²) in [7, 11) is 0. The highest BCUT2D eigenvalue weighted by Crippen LogP contribution is 2.54. The number of urea groups is 1. The van der Waals surface area contributed by atoms with E-state index in [9.17, 15) is 14.4 Å². The number of carbonyl (C=O) groups excluding carboxylic acids is 3. The summed E-state index contributed by atoms with van der Waals surface area (Å²) in [6.45, 7) is 2.36. The van der Waals surface area contributed by atoms with Crippen molar-refractivity contribution < 1.29 is 14.4 Å². The number of amides is 4. The summed E-state index contributed by atoms with van der Waals surface area (Å²) in [6, 6.07) is 9.78. The molecule has 3 fully saturated rings. The lowest BCUT2D eigenvalue weighted by Crippen LogP contribution is -2.59. The zero-order valence-electron chi connectivity index (χ0n) is 17.1. The van der Waals surface area contributed by atoms with E-state index in [-0.39, 0.29) is 30.3 Å².